The second-order valence-corrected chi connectivity index (χ2v) is 5.37. The predicted molar refractivity (Wildman–Crippen MR) is 79.1 cm³/mol. The average Bonchev–Trinajstić information content (AvgIpc) is 2.40. The monoisotopic (exact) mass is 357 g/mol. The summed E-state index contributed by atoms with van der Waals surface area (Å²) in [4.78, 5) is 11.9. The summed E-state index contributed by atoms with van der Waals surface area (Å²) in [6, 6.07) is 9.01. The first-order valence-electron chi connectivity index (χ1n) is 5.63. The molecule has 20 heavy (non-hydrogen) atoms. The van der Waals surface area contributed by atoms with E-state index in [9.17, 15) is 9.18 Å². The van der Waals surface area contributed by atoms with Gasteiger partial charge in [0.2, 0.25) is 0 Å². The van der Waals surface area contributed by atoms with Crippen molar-refractivity contribution in [3.05, 3.63) is 62.8 Å². The number of esters is 1. The number of carbonyl (C=O) groups is 1. The molecule has 0 heterocycles. The molecule has 0 radical (unpaired) electrons. The molecule has 0 fully saturated rings. The number of nitrogen functional groups attached to an aromatic ring is 1. The van der Waals surface area contributed by atoms with Crippen molar-refractivity contribution < 1.29 is 13.9 Å². The Morgan fingerprint density at radius 1 is 1.30 bits per heavy atom. The molecule has 2 aromatic carbocycles. The summed E-state index contributed by atoms with van der Waals surface area (Å²) < 4.78 is 19.2. The second kappa shape index (κ2) is 6.24. The molecule has 0 saturated carbocycles. The zero-order chi connectivity index (χ0) is 14.7. The SMILES string of the molecule is Nc1ccc(Cl)c(C(=O)OCc2ccc(Br)cc2F)c1. The molecule has 0 saturated heterocycles. The molecule has 0 aliphatic carbocycles. The highest BCUT2D eigenvalue weighted by Gasteiger charge is 2.13. The topological polar surface area (TPSA) is 52.3 Å². The molecule has 2 aromatic rings. The maximum absolute atomic E-state index is 13.6. The third kappa shape index (κ3) is 3.49. The van der Waals surface area contributed by atoms with Crippen molar-refractivity contribution in [2.24, 2.45) is 0 Å². The number of benzene rings is 2. The summed E-state index contributed by atoms with van der Waals surface area (Å²) in [5, 5.41) is 0.237. The first-order chi connectivity index (χ1) is 9.47. The van der Waals surface area contributed by atoms with Gasteiger partial charge in [0.25, 0.3) is 0 Å². The Kier molecular flexibility index (Phi) is 4.62. The third-order valence-electron chi connectivity index (χ3n) is 2.58. The van der Waals surface area contributed by atoms with Crippen LogP contribution in [-0.2, 0) is 11.3 Å². The fourth-order valence-electron chi connectivity index (χ4n) is 1.56. The molecule has 0 unspecified atom stereocenters. The predicted octanol–water partition coefficient (Wildman–Crippen LogP) is 4.18. The fraction of sp³-hybridized carbons (Fsp3) is 0.0714. The molecule has 0 amide bonds. The highest BCUT2D eigenvalue weighted by atomic mass is 79.9. The molecule has 3 nitrogen and oxygen atoms in total. The largest absolute Gasteiger partial charge is 0.457 e. The number of nitrogens with two attached hydrogens (primary N) is 1. The summed E-state index contributed by atoms with van der Waals surface area (Å²) >= 11 is 9.04. The first-order valence-corrected chi connectivity index (χ1v) is 6.80. The van der Waals surface area contributed by atoms with Gasteiger partial charge in [-0.05, 0) is 30.3 Å². The minimum Gasteiger partial charge on any atom is -0.457 e. The van der Waals surface area contributed by atoms with Gasteiger partial charge in [-0.2, -0.15) is 0 Å². The maximum atomic E-state index is 13.6. The Hall–Kier alpha value is -1.59. The van der Waals surface area contributed by atoms with Crippen LogP contribution in [0.25, 0.3) is 0 Å². The molecule has 6 heteroatoms. The Bertz CT molecular complexity index is 664. The van der Waals surface area contributed by atoms with Crippen LogP contribution in [0.2, 0.25) is 5.02 Å². The average molecular weight is 359 g/mol. The van der Waals surface area contributed by atoms with Crippen molar-refractivity contribution in [1.29, 1.82) is 0 Å². The van der Waals surface area contributed by atoms with E-state index < -0.39 is 11.8 Å². The van der Waals surface area contributed by atoms with E-state index in [4.69, 9.17) is 22.1 Å². The van der Waals surface area contributed by atoms with Crippen LogP contribution >= 0.6 is 27.5 Å². The van der Waals surface area contributed by atoms with E-state index in [1.807, 2.05) is 0 Å². The Morgan fingerprint density at radius 2 is 2.05 bits per heavy atom. The first kappa shape index (κ1) is 14.8. The zero-order valence-corrected chi connectivity index (χ0v) is 12.5. The number of hydrogen-bond donors (Lipinski definition) is 1. The van der Waals surface area contributed by atoms with Crippen molar-refractivity contribution in [2.75, 3.05) is 5.73 Å². The number of hydrogen-bond acceptors (Lipinski definition) is 3. The van der Waals surface area contributed by atoms with E-state index in [0.717, 1.165) is 0 Å². The van der Waals surface area contributed by atoms with Gasteiger partial charge in [0.05, 0.1) is 10.6 Å². The summed E-state index contributed by atoms with van der Waals surface area (Å²) in [6.45, 7) is -0.178. The van der Waals surface area contributed by atoms with Crippen LogP contribution in [0.3, 0.4) is 0 Å². The molecule has 0 aromatic heterocycles. The number of carbonyl (C=O) groups excluding carboxylic acids is 1. The molecular formula is C14H10BrClFNO2. The minimum absolute atomic E-state index is 0.157. The highest BCUT2D eigenvalue weighted by molar-refractivity contribution is 9.10. The van der Waals surface area contributed by atoms with Crippen LogP contribution < -0.4 is 5.73 Å². The maximum Gasteiger partial charge on any atom is 0.340 e. The number of ether oxygens (including phenoxy) is 1. The van der Waals surface area contributed by atoms with E-state index in [1.54, 1.807) is 12.1 Å². The summed E-state index contributed by atoms with van der Waals surface area (Å²) in [5.74, 6) is -1.10. The van der Waals surface area contributed by atoms with Crippen molar-refractivity contribution in [2.45, 2.75) is 6.61 Å². The zero-order valence-electron chi connectivity index (χ0n) is 10.2. The van der Waals surface area contributed by atoms with Crippen LogP contribution in [0.15, 0.2) is 40.9 Å². The lowest BCUT2D eigenvalue weighted by Gasteiger charge is -2.08. The van der Waals surface area contributed by atoms with E-state index in [2.05, 4.69) is 15.9 Å². The van der Waals surface area contributed by atoms with Crippen LogP contribution in [0.5, 0.6) is 0 Å². The smallest absolute Gasteiger partial charge is 0.340 e. The van der Waals surface area contributed by atoms with E-state index in [1.165, 1.54) is 24.3 Å². The van der Waals surface area contributed by atoms with Gasteiger partial charge in [-0.15, -0.1) is 0 Å². The van der Waals surface area contributed by atoms with Gasteiger partial charge in [0, 0.05) is 15.7 Å². The molecule has 0 bridgehead atoms. The minimum atomic E-state index is -0.649. The lowest BCUT2D eigenvalue weighted by atomic mass is 10.2. The highest BCUT2D eigenvalue weighted by Crippen LogP contribution is 2.21. The summed E-state index contributed by atoms with van der Waals surface area (Å²) in [5.41, 5.74) is 6.42. The molecule has 0 aliphatic rings. The summed E-state index contributed by atoms with van der Waals surface area (Å²) in [6.07, 6.45) is 0. The molecule has 2 rings (SSSR count). The standard InChI is InChI=1S/C14H10BrClFNO2/c15-9-2-1-8(13(17)5-9)7-20-14(19)11-6-10(18)3-4-12(11)16/h1-6H,7,18H2. The third-order valence-corrected chi connectivity index (χ3v) is 3.41. The van der Waals surface area contributed by atoms with Crippen LogP contribution in [0, 0.1) is 5.82 Å². The molecule has 0 atom stereocenters. The number of halogens is 3. The van der Waals surface area contributed by atoms with Crippen molar-refractivity contribution >= 4 is 39.2 Å². The molecule has 0 aliphatic heterocycles. The van der Waals surface area contributed by atoms with E-state index in [0.29, 0.717) is 10.2 Å². The van der Waals surface area contributed by atoms with Gasteiger partial charge in [0.15, 0.2) is 0 Å². The van der Waals surface area contributed by atoms with Crippen molar-refractivity contribution in [3.8, 4) is 0 Å². The Labute approximate surface area is 128 Å². The van der Waals surface area contributed by atoms with Gasteiger partial charge in [-0.25, -0.2) is 9.18 Å². The summed E-state index contributed by atoms with van der Waals surface area (Å²) in [7, 11) is 0. The van der Waals surface area contributed by atoms with Crippen molar-refractivity contribution in [1.82, 2.24) is 0 Å². The molecule has 0 spiro atoms. The van der Waals surface area contributed by atoms with Gasteiger partial charge < -0.3 is 10.5 Å². The van der Waals surface area contributed by atoms with Gasteiger partial charge in [-0.3, -0.25) is 0 Å². The second-order valence-electron chi connectivity index (χ2n) is 4.05. The quantitative estimate of drug-likeness (QED) is 0.661. The lowest BCUT2D eigenvalue weighted by molar-refractivity contribution is 0.0469. The molecule has 2 N–H and O–H groups in total. The van der Waals surface area contributed by atoms with Gasteiger partial charge in [-0.1, -0.05) is 33.6 Å². The Morgan fingerprint density at radius 3 is 2.75 bits per heavy atom. The lowest BCUT2D eigenvalue weighted by Crippen LogP contribution is -2.07. The van der Waals surface area contributed by atoms with Crippen LogP contribution in [0.4, 0.5) is 10.1 Å². The van der Waals surface area contributed by atoms with Crippen LogP contribution in [-0.4, -0.2) is 5.97 Å². The van der Waals surface area contributed by atoms with Crippen molar-refractivity contribution in [3.63, 3.8) is 0 Å². The number of rotatable bonds is 3. The van der Waals surface area contributed by atoms with E-state index >= 15 is 0 Å². The van der Waals surface area contributed by atoms with E-state index in [-0.39, 0.29) is 22.8 Å². The molecule has 104 valence electrons. The molecular weight excluding hydrogens is 349 g/mol. The Balaban J connectivity index is 2.10. The fourth-order valence-corrected chi connectivity index (χ4v) is 2.09. The number of anilines is 1. The van der Waals surface area contributed by atoms with Crippen LogP contribution in [0.1, 0.15) is 15.9 Å². The van der Waals surface area contributed by atoms with Gasteiger partial charge >= 0.3 is 5.97 Å². The van der Waals surface area contributed by atoms with Gasteiger partial charge in [0.1, 0.15) is 12.4 Å². The normalized spacial score (nSPS) is 10.3.